The molecule has 0 amide bonds. The molecule has 0 unspecified atom stereocenters. The molecule has 0 bridgehead atoms. The van der Waals surface area contributed by atoms with Gasteiger partial charge in [-0.05, 0) is 17.7 Å². The van der Waals surface area contributed by atoms with Crippen LogP contribution in [0.1, 0.15) is 5.56 Å². The molecule has 0 saturated heterocycles. The molecule has 0 aliphatic rings. The van der Waals surface area contributed by atoms with E-state index in [-0.39, 0.29) is 6.61 Å². The van der Waals surface area contributed by atoms with Gasteiger partial charge in [0.15, 0.2) is 5.65 Å². The number of rotatable bonds is 3. The van der Waals surface area contributed by atoms with Crippen LogP contribution in [0.3, 0.4) is 0 Å². The van der Waals surface area contributed by atoms with Crippen LogP contribution < -0.4 is 0 Å². The van der Waals surface area contributed by atoms with E-state index in [4.69, 9.17) is 11.6 Å². The summed E-state index contributed by atoms with van der Waals surface area (Å²) in [5.74, 6) is 0. The molecule has 5 heteroatoms. The molecule has 2 aromatic heterocycles. The molecular formula is C19H14ClN3O. The minimum atomic E-state index is 0.0380. The Balaban J connectivity index is 1.83. The monoisotopic (exact) mass is 335 g/mol. The molecule has 118 valence electrons. The first-order chi connectivity index (χ1) is 11.7. The highest BCUT2D eigenvalue weighted by Crippen LogP contribution is 2.25. The lowest BCUT2D eigenvalue weighted by molar-refractivity contribution is 0.282. The van der Waals surface area contributed by atoms with Crippen LogP contribution in [0.25, 0.3) is 28.2 Å². The molecule has 2 heterocycles. The summed E-state index contributed by atoms with van der Waals surface area (Å²) in [7, 11) is 0. The first kappa shape index (κ1) is 14.9. The molecule has 4 rings (SSSR count). The summed E-state index contributed by atoms with van der Waals surface area (Å²) in [4.78, 5) is 8.89. The first-order valence-electron chi connectivity index (χ1n) is 7.54. The van der Waals surface area contributed by atoms with Gasteiger partial charge >= 0.3 is 0 Å². The van der Waals surface area contributed by atoms with Crippen LogP contribution in [0, 0.1) is 0 Å². The van der Waals surface area contributed by atoms with Gasteiger partial charge in [-0.25, -0.2) is 4.98 Å². The van der Waals surface area contributed by atoms with E-state index in [0.717, 1.165) is 33.7 Å². The van der Waals surface area contributed by atoms with Crippen LogP contribution in [0.4, 0.5) is 0 Å². The topological polar surface area (TPSA) is 50.4 Å². The van der Waals surface area contributed by atoms with Crippen LogP contribution >= 0.6 is 11.6 Å². The van der Waals surface area contributed by atoms with E-state index in [9.17, 15) is 5.11 Å². The van der Waals surface area contributed by atoms with Gasteiger partial charge in [0.05, 0.1) is 30.4 Å². The summed E-state index contributed by atoms with van der Waals surface area (Å²) in [6.07, 6.45) is 5.54. The second-order valence-electron chi connectivity index (χ2n) is 5.51. The quantitative estimate of drug-likeness (QED) is 0.610. The Bertz CT molecular complexity index is 1010. The average molecular weight is 336 g/mol. The number of hydrogen-bond acceptors (Lipinski definition) is 3. The third kappa shape index (κ3) is 2.66. The molecular weight excluding hydrogens is 322 g/mol. The van der Waals surface area contributed by atoms with Gasteiger partial charge in [-0.3, -0.25) is 9.38 Å². The van der Waals surface area contributed by atoms with Crippen molar-refractivity contribution in [3.63, 3.8) is 0 Å². The van der Waals surface area contributed by atoms with E-state index in [1.807, 2.05) is 65.3 Å². The van der Waals surface area contributed by atoms with Crippen LogP contribution in [0.5, 0.6) is 0 Å². The van der Waals surface area contributed by atoms with Crippen molar-refractivity contribution < 1.29 is 5.11 Å². The highest BCUT2D eigenvalue weighted by atomic mass is 35.5. The maximum Gasteiger partial charge on any atom is 0.155 e. The molecule has 0 radical (unpaired) electrons. The Morgan fingerprint density at radius 2 is 1.79 bits per heavy atom. The van der Waals surface area contributed by atoms with Gasteiger partial charge in [0.25, 0.3) is 0 Å². The first-order valence-corrected chi connectivity index (χ1v) is 7.91. The Hall–Kier alpha value is -2.69. The number of nitrogens with zero attached hydrogens (tertiary/aromatic N) is 3. The normalized spacial score (nSPS) is 11.1. The van der Waals surface area contributed by atoms with Crippen LogP contribution in [-0.4, -0.2) is 19.5 Å². The fraction of sp³-hybridized carbons (Fsp3) is 0.0526. The molecule has 1 N–H and O–H groups in total. The Morgan fingerprint density at radius 1 is 0.958 bits per heavy atom. The minimum absolute atomic E-state index is 0.0380. The van der Waals surface area contributed by atoms with Crippen molar-refractivity contribution in [1.29, 1.82) is 0 Å². The van der Waals surface area contributed by atoms with Crippen molar-refractivity contribution in [2.24, 2.45) is 0 Å². The molecule has 2 aromatic carbocycles. The van der Waals surface area contributed by atoms with Crippen LogP contribution in [0.2, 0.25) is 5.02 Å². The lowest BCUT2D eigenvalue weighted by Crippen LogP contribution is -1.93. The zero-order valence-electron chi connectivity index (χ0n) is 12.7. The number of imidazole rings is 1. The molecule has 0 spiro atoms. The number of hydrogen-bond donors (Lipinski definition) is 1. The van der Waals surface area contributed by atoms with E-state index in [0.29, 0.717) is 5.02 Å². The van der Waals surface area contributed by atoms with Crippen molar-refractivity contribution in [3.05, 3.63) is 77.7 Å². The van der Waals surface area contributed by atoms with Crippen molar-refractivity contribution in [3.8, 4) is 22.5 Å². The smallest absolute Gasteiger partial charge is 0.155 e. The summed E-state index contributed by atoms with van der Waals surface area (Å²) in [5.41, 5.74) is 5.45. The predicted octanol–water partition coefficient (Wildman–Crippen LogP) is 4.21. The Kier molecular flexibility index (Phi) is 3.76. The Morgan fingerprint density at radius 3 is 2.54 bits per heavy atom. The molecule has 0 aliphatic carbocycles. The number of aliphatic hydroxyl groups is 1. The lowest BCUT2D eigenvalue weighted by Gasteiger charge is -2.06. The number of aliphatic hydroxyl groups excluding tert-OH is 1. The fourth-order valence-corrected chi connectivity index (χ4v) is 2.87. The molecule has 0 aliphatic heterocycles. The summed E-state index contributed by atoms with van der Waals surface area (Å²) in [5, 5.41) is 9.86. The second-order valence-corrected chi connectivity index (χ2v) is 5.95. The van der Waals surface area contributed by atoms with Crippen LogP contribution in [-0.2, 0) is 6.61 Å². The van der Waals surface area contributed by atoms with Gasteiger partial charge in [0.1, 0.15) is 0 Å². The van der Waals surface area contributed by atoms with Crippen molar-refractivity contribution in [2.45, 2.75) is 6.61 Å². The maximum atomic E-state index is 9.18. The van der Waals surface area contributed by atoms with Crippen LogP contribution in [0.15, 0.2) is 67.1 Å². The van der Waals surface area contributed by atoms with Crippen molar-refractivity contribution >= 4 is 17.2 Å². The van der Waals surface area contributed by atoms with E-state index in [2.05, 4.69) is 9.97 Å². The van der Waals surface area contributed by atoms with Crippen molar-refractivity contribution in [2.75, 3.05) is 0 Å². The number of fused-ring (bicyclic) bond motifs is 1. The van der Waals surface area contributed by atoms with Gasteiger partial charge in [-0.15, -0.1) is 0 Å². The van der Waals surface area contributed by atoms with Gasteiger partial charge in [-0.2, -0.15) is 0 Å². The summed E-state index contributed by atoms with van der Waals surface area (Å²) < 4.78 is 2.01. The second kappa shape index (κ2) is 6.07. The predicted molar refractivity (Wildman–Crippen MR) is 94.8 cm³/mol. The van der Waals surface area contributed by atoms with Gasteiger partial charge in [0.2, 0.25) is 0 Å². The summed E-state index contributed by atoms with van der Waals surface area (Å²) >= 11 is 6.08. The molecule has 24 heavy (non-hydrogen) atoms. The summed E-state index contributed by atoms with van der Waals surface area (Å²) in [6, 6.07) is 15.4. The number of halogens is 1. The largest absolute Gasteiger partial charge is 0.392 e. The standard InChI is InChI=1S/C19H14ClN3O/c20-16-3-1-2-15(8-16)17-11-23-18(9-22-19(23)10-21-17)14-6-4-13(12-24)5-7-14/h1-11,24H,12H2. The molecule has 4 aromatic rings. The number of benzene rings is 2. The fourth-order valence-electron chi connectivity index (χ4n) is 2.68. The minimum Gasteiger partial charge on any atom is -0.392 e. The summed E-state index contributed by atoms with van der Waals surface area (Å²) in [6.45, 7) is 0.0380. The zero-order chi connectivity index (χ0) is 16.5. The van der Waals surface area contributed by atoms with E-state index in [1.165, 1.54) is 0 Å². The third-order valence-corrected chi connectivity index (χ3v) is 4.18. The SMILES string of the molecule is OCc1ccc(-c2cnc3cnc(-c4cccc(Cl)c4)cn23)cc1. The maximum absolute atomic E-state index is 9.18. The number of aromatic nitrogens is 3. The van der Waals surface area contributed by atoms with Gasteiger partial charge < -0.3 is 5.11 Å². The highest BCUT2D eigenvalue weighted by Gasteiger charge is 2.09. The van der Waals surface area contributed by atoms with Crippen molar-refractivity contribution in [1.82, 2.24) is 14.4 Å². The van der Waals surface area contributed by atoms with Gasteiger partial charge in [-0.1, -0.05) is 48.0 Å². The average Bonchev–Trinajstić information content (AvgIpc) is 3.05. The van der Waals surface area contributed by atoms with E-state index in [1.54, 1.807) is 6.20 Å². The van der Waals surface area contributed by atoms with E-state index >= 15 is 0 Å². The zero-order valence-corrected chi connectivity index (χ0v) is 13.5. The highest BCUT2D eigenvalue weighted by molar-refractivity contribution is 6.30. The Labute approximate surface area is 144 Å². The third-order valence-electron chi connectivity index (χ3n) is 3.95. The van der Waals surface area contributed by atoms with E-state index < -0.39 is 0 Å². The molecule has 0 saturated carbocycles. The van der Waals surface area contributed by atoms with Gasteiger partial charge in [0, 0.05) is 22.3 Å². The lowest BCUT2D eigenvalue weighted by atomic mass is 10.1. The molecule has 0 fully saturated rings. The molecule has 0 atom stereocenters. The molecule has 4 nitrogen and oxygen atoms in total.